The molecule has 2 saturated heterocycles. The molecule has 0 saturated carbocycles. The monoisotopic (exact) mass is 525 g/mol. The molecule has 4 heterocycles. The van der Waals surface area contributed by atoms with Gasteiger partial charge in [-0.15, -0.1) is 0 Å². The fourth-order valence-electron chi connectivity index (χ4n) is 4.42. The molecular weight excluding hydrogens is 494 g/mol. The van der Waals surface area contributed by atoms with Gasteiger partial charge in [-0.3, -0.25) is 14.6 Å². The largest absolute Gasteiger partial charge is 0.480 e. The van der Waals surface area contributed by atoms with Gasteiger partial charge in [-0.1, -0.05) is 24.3 Å². The van der Waals surface area contributed by atoms with Gasteiger partial charge in [0.25, 0.3) is 10.0 Å². The second-order valence-corrected chi connectivity index (χ2v) is 10.6. The van der Waals surface area contributed by atoms with Crippen LogP contribution in [0.4, 0.5) is 11.4 Å². The first-order valence-corrected chi connectivity index (χ1v) is 13.8. The topological polar surface area (TPSA) is 106 Å². The summed E-state index contributed by atoms with van der Waals surface area (Å²) < 4.78 is 45.5. The van der Waals surface area contributed by atoms with E-state index in [1.165, 1.54) is 12.7 Å². The molecule has 2 aliphatic heterocycles. The van der Waals surface area contributed by atoms with Gasteiger partial charge < -0.3 is 19.1 Å². The minimum Gasteiger partial charge on any atom is -0.480 e. The summed E-state index contributed by atoms with van der Waals surface area (Å²) in [6, 6.07) is 13.1. The van der Waals surface area contributed by atoms with Gasteiger partial charge in [0.1, 0.15) is 0 Å². The van der Waals surface area contributed by atoms with Crippen molar-refractivity contribution in [2.45, 2.75) is 11.4 Å². The zero-order valence-electron chi connectivity index (χ0n) is 20.8. The lowest BCUT2D eigenvalue weighted by Gasteiger charge is -2.29. The summed E-state index contributed by atoms with van der Waals surface area (Å²) in [4.78, 5) is 13.1. The molecule has 0 radical (unpaired) electrons. The second kappa shape index (κ2) is 11.4. The Hall–Kier alpha value is -3.25. The molecular formula is C26H31N5O5S. The van der Waals surface area contributed by atoms with E-state index in [1.807, 2.05) is 17.0 Å². The van der Waals surface area contributed by atoms with Crippen molar-refractivity contribution in [2.24, 2.45) is 0 Å². The number of benzene rings is 1. The Morgan fingerprint density at radius 1 is 0.946 bits per heavy atom. The molecule has 11 heteroatoms. The molecule has 2 aliphatic rings. The molecule has 196 valence electrons. The number of rotatable bonds is 8. The van der Waals surface area contributed by atoms with Crippen LogP contribution < -0.4 is 14.4 Å². The SMILES string of the molecule is COc1ncc(N2CCOCC2)cc1S(=O)(=O)Nc1ccnc(-c2ccc(CN3CCOCC3)cc2)c1. The van der Waals surface area contributed by atoms with Crippen molar-refractivity contribution in [3.63, 3.8) is 0 Å². The van der Waals surface area contributed by atoms with E-state index in [-0.39, 0.29) is 10.8 Å². The first kappa shape index (κ1) is 25.4. The third kappa shape index (κ3) is 6.19. The van der Waals surface area contributed by atoms with Gasteiger partial charge in [-0.05, 0) is 23.8 Å². The van der Waals surface area contributed by atoms with Crippen molar-refractivity contribution >= 4 is 21.4 Å². The van der Waals surface area contributed by atoms with Crippen LogP contribution in [0.25, 0.3) is 11.3 Å². The fourth-order valence-corrected chi connectivity index (χ4v) is 5.61. The van der Waals surface area contributed by atoms with E-state index in [4.69, 9.17) is 14.2 Å². The van der Waals surface area contributed by atoms with Crippen LogP contribution in [0.3, 0.4) is 0 Å². The molecule has 1 aromatic carbocycles. The molecule has 1 N–H and O–H groups in total. The smallest absolute Gasteiger partial charge is 0.267 e. The van der Waals surface area contributed by atoms with E-state index in [1.54, 1.807) is 30.6 Å². The molecule has 5 rings (SSSR count). The predicted octanol–water partition coefficient (Wildman–Crippen LogP) is 2.62. The van der Waals surface area contributed by atoms with Crippen LogP contribution >= 0.6 is 0 Å². The highest BCUT2D eigenvalue weighted by Gasteiger charge is 2.24. The molecule has 0 aliphatic carbocycles. The number of nitrogens with zero attached hydrogens (tertiary/aromatic N) is 4. The molecule has 0 atom stereocenters. The number of hydrogen-bond donors (Lipinski definition) is 1. The molecule has 0 bridgehead atoms. The Bertz CT molecular complexity index is 1310. The van der Waals surface area contributed by atoms with E-state index in [2.05, 4.69) is 31.7 Å². The van der Waals surface area contributed by atoms with Crippen LogP contribution in [-0.2, 0) is 26.0 Å². The maximum Gasteiger partial charge on any atom is 0.267 e. The van der Waals surface area contributed by atoms with E-state index in [0.717, 1.165) is 38.4 Å². The van der Waals surface area contributed by atoms with Gasteiger partial charge in [0.15, 0.2) is 4.90 Å². The number of hydrogen-bond acceptors (Lipinski definition) is 9. The van der Waals surface area contributed by atoms with Crippen molar-refractivity contribution in [1.82, 2.24) is 14.9 Å². The highest BCUT2D eigenvalue weighted by atomic mass is 32.2. The maximum absolute atomic E-state index is 13.4. The van der Waals surface area contributed by atoms with Crippen molar-refractivity contribution in [3.05, 3.63) is 60.4 Å². The van der Waals surface area contributed by atoms with Gasteiger partial charge in [-0.2, -0.15) is 0 Å². The molecule has 0 spiro atoms. The minimum atomic E-state index is -3.98. The number of aromatic nitrogens is 2. The van der Waals surface area contributed by atoms with E-state index < -0.39 is 10.0 Å². The fraction of sp³-hybridized carbons (Fsp3) is 0.385. The molecule has 3 aromatic rings. The van der Waals surface area contributed by atoms with Crippen molar-refractivity contribution in [2.75, 3.05) is 69.3 Å². The quantitative estimate of drug-likeness (QED) is 0.475. The summed E-state index contributed by atoms with van der Waals surface area (Å²) in [5.41, 5.74) is 3.89. The first-order valence-electron chi connectivity index (χ1n) is 12.3. The summed E-state index contributed by atoms with van der Waals surface area (Å²) in [6.07, 6.45) is 3.21. The lowest BCUT2D eigenvalue weighted by atomic mass is 10.1. The van der Waals surface area contributed by atoms with E-state index in [0.29, 0.717) is 43.4 Å². The van der Waals surface area contributed by atoms with Gasteiger partial charge in [0.2, 0.25) is 5.88 Å². The predicted molar refractivity (Wildman–Crippen MR) is 140 cm³/mol. The van der Waals surface area contributed by atoms with Crippen molar-refractivity contribution < 1.29 is 22.6 Å². The summed E-state index contributed by atoms with van der Waals surface area (Å²) in [5.74, 6) is 0.0367. The maximum atomic E-state index is 13.4. The summed E-state index contributed by atoms with van der Waals surface area (Å²) >= 11 is 0. The van der Waals surface area contributed by atoms with E-state index in [9.17, 15) is 8.42 Å². The lowest BCUT2D eigenvalue weighted by molar-refractivity contribution is 0.0342. The lowest BCUT2D eigenvalue weighted by Crippen LogP contribution is -2.36. The van der Waals surface area contributed by atoms with Crippen LogP contribution in [0.5, 0.6) is 5.88 Å². The van der Waals surface area contributed by atoms with Gasteiger partial charge >= 0.3 is 0 Å². The number of methoxy groups -OCH3 is 1. The summed E-state index contributed by atoms with van der Waals surface area (Å²) in [7, 11) is -2.57. The molecule has 2 aromatic heterocycles. The number of anilines is 2. The Balaban J connectivity index is 1.33. The average molecular weight is 526 g/mol. The number of nitrogens with one attached hydrogen (secondary N) is 1. The number of morpholine rings is 2. The summed E-state index contributed by atoms with van der Waals surface area (Å²) in [6.45, 7) is 6.77. The molecule has 37 heavy (non-hydrogen) atoms. The van der Waals surface area contributed by atoms with Crippen LogP contribution in [0.15, 0.2) is 59.8 Å². The van der Waals surface area contributed by atoms with Gasteiger partial charge in [0, 0.05) is 44.5 Å². The second-order valence-electron chi connectivity index (χ2n) is 8.92. The van der Waals surface area contributed by atoms with E-state index >= 15 is 0 Å². The van der Waals surface area contributed by atoms with Crippen LogP contribution in [0, 0.1) is 0 Å². The van der Waals surface area contributed by atoms with Gasteiger partial charge in [0.05, 0.1) is 56.8 Å². The zero-order chi connectivity index (χ0) is 25.7. The Morgan fingerprint density at radius 2 is 1.65 bits per heavy atom. The zero-order valence-corrected chi connectivity index (χ0v) is 21.6. The highest BCUT2D eigenvalue weighted by molar-refractivity contribution is 7.92. The van der Waals surface area contributed by atoms with Crippen LogP contribution in [-0.4, -0.2) is 83.0 Å². The molecule has 10 nitrogen and oxygen atoms in total. The number of pyridine rings is 2. The standard InChI is InChI=1S/C26H31N5O5S/c1-34-26-25(17-23(18-28-26)31-10-14-36-15-11-31)37(32,33)29-22-6-7-27-24(16-22)21-4-2-20(3-5-21)19-30-8-12-35-13-9-30/h2-7,16-18H,8-15,19H2,1H3,(H,27,29). The van der Waals surface area contributed by atoms with Gasteiger partial charge in [-0.25, -0.2) is 13.4 Å². The third-order valence-electron chi connectivity index (χ3n) is 6.43. The summed E-state index contributed by atoms with van der Waals surface area (Å²) in [5, 5.41) is 0. The van der Waals surface area contributed by atoms with Crippen molar-refractivity contribution in [1.29, 1.82) is 0 Å². The number of sulfonamides is 1. The third-order valence-corrected chi connectivity index (χ3v) is 7.81. The Labute approximate surface area is 217 Å². The first-order chi connectivity index (χ1) is 18.0. The Kier molecular flexibility index (Phi) is 7.85. The number of ether oxygens (including phenoxy) is 3. The molecule has 0 amide bonds. The minimum absolute atomic E-state index is 0.0233. The van der Waals surface area contributed by atoms with Crippen LogP contribution in [0.2, 0.25) is 0 Å². The van der Waals surface area contributed by atoms with Crippen molar-refractivity contribution in [3.8, 4) is 17.1 Å². The normalized spacial score (nSPS) is 16.9. The highest BCUT2D eigenvalue weighted by Crippen LogP contribution is 2.29. The molecule has 0 unspecified atom stereocenters. The Morgan fingerprint density at radius 3 is 2.35 bits per heavy atom. The van der Waals surface area contributed by atoms with Crippen LogP contribution in [0.1, 0.15) is 5.56 Å². The molecule has 2 fully saturated rings. The average Bonchev–Trinajstić information content (AvgIpc) is 2.94.